The minimum absolute atomic E-state index is 0.0576. The second-order valence-corrected chi connectivity index (χ2v) is 7.71. The largest absolute Gasteiger partial charge is 0.508 e. The minimum Gasteiger partial charge on any atom is -0.508 e. The summed E-state index contributed by atoms with van der Waals surface area (Å²) < 4.78 is 26.2. The molecule has 0 bridgehead atoms. The molecule has 0 radical (unpaired) electrons. The molecule has 2 aromatic rings. The van der Waals surface area contributed by atoms with Crippen LogP contribution in [-0.2, 0) is 11.0 Å². The molecule has 144 valence electrons. The van der Waals surface area contributed by atoms with Crippen LogP contribution in [0.2, 0.25) is 5.15 Å². The highest BCUT2D eigenvalue weighted by Gasteiger charge is 2.38. The Balaban J connectivity index is 0.000000223. The number of halogens is 2. The van der Waals surface area contributed by atoms with Crippen molar-refractivity contribution in [3.05, 3.63) is 53.1 Å². The monoisotopic (exact) mass is 413 g/mol. The predicted molar refractivity (Wildman–Crippen MR) is 96.7 cm³/mol. The molecule has 7 nitrogen and oxygen atoms in total. The maximum Gasteiger partial charge on any atom is 0.144 e. The number of aromatic nitrogens is 1. The van der Waals surface area contributed by atoms with Gasteiger partial charge in [0.2, 0.25) is 0 Å². The normalized spacial score (nSPS) is 20.4. The summed E-state index contributed by atoms with van der Waals surface area (Å²) in [6.07, 6.45) is 1.87. The molecule has 27 heavy (non-hydrogen) atoms. The lowest BCUT2D eigenvalue weighted by atomic mass is 10.1. The van der Waals surface area contributed by atoms with Gasteiger partial charge in [0.05, 0.1) is 17.1 Å². The van der Waals surface area contributed by atoms with Gasteiger partial charge in [0, 0.05) is 25.4 Å². The average Bonchev–Trinajstić information content (AvgIpc) is 3.05. The van der Waals surface area contributed by atoms with Crippen molar-refractivity contribution in [3.8, 4) is 11.8 Å². The van der Waals surface area contributed by atoms with E-state index in [1.807, 2.05) is 0 Å². The number of benzene rings is 1. The van der Waals surface area contributed by atoms with E-state index in [1.54, 1.807) is 22.5 Å². The van der Waals surface area contributed by atoms with Crippen LogP contribution in [0.15, 0.2) is 41.4 Å². The first kappa shape index (κ1) is 21.2. The van der Waals surface area contributed by atoms with Gasteiger partial charge in [-0.05, 0) is 30.7 Å². The Morgan fingerprint density at radius 2 is 2.15 bits per heavy atom. The van der Waals surface area contributed by atoms with Crippen molar-refractivity contribution in [2.45, 2.75) is 16.9 Å². The summed E-state index contributed by atoms with van der Waals surface area (Å²) in [5.74, 6) is -0.862. The summed E-state index contributed by atoms with van der Waals surface area (Å²) in [5.41, 5.74) is -1.20. The van der Waals surface area contributed by atoms with Crippen molar-refractivity contribution in [2.75, 3.05) is 19.7 Å². The predicted octanol–water partition coefficient (Wildman–Crippen LogP) is 1.59. The molecule has 3 rings (SSSR count). The van der Waals surface area contributed by atoms with Gasteiger partial charge in [-0.3, -0.25) is 0 Å². The molecular weight excluding hydrogens is 397 g/mol. The Morgan fingerprint density at radius 3 is 2.67 bits per heavy atom. The molecule has 1 aromatic heterocycles. The van der Waals surface area contributed by atoms with E-state index in [0.29, 0.717) is 23.0 Å². The first-order chi connectivity index (χ1) is 12.8. The van der Waals surface area contributed by atoms with Gasteiger partial charge in [-0.2, -0.15) is 5.26 Å². The zero-order chi connectivity index (χ0) is 20.0. The molecule has 10 heteroatoms. The number of hydrogen-bond donors (Lipinski definition) is 3. The van der Waals surface area contributed by atoms with E-state index < -0.39 is 22.4 Å². The Kier molecular flexibility index (Phi) is 7.24. The molecule has 1 saturated heterocycles. The number of β-amino-alcohol motifs (C(OH)–C–C–N with tert-alkyl or cyclic N) is 1. The summed E-state index contributed by atoms with van der Waals surface area (Å²) >= 11 is 5.65. The van der Waals surface area contributed by atoms with Crippen molar-refractivity contribution in [1.82, 2.24) is 9.29 Å². The number of aliphatic hydroxyl groups is 2. The second-order valence-electron chi connectivity index (χ2n) is 5.84. The van der Waals surface area contributed by atoms with Crippen LogP contribution < -0.4 is 0 Å². The first-order valence-electron chi connectivity index (χ1n) is 7.78. The van der Waals surface area contributed by atoms with Gasteiger partial charge < -0.3 is 15.3 Å². The van der Waals surface area contributed by atoms with E-state index in [0.717, 1.165) is 6.07 Å². The molecule has 1 aliphatic heterocycles. The van der Waals surface area contributed by atoms with Crippen LogP contribution in [0.25, 0.3) is 0 Å². The Hall–Kier alpha value is -2.09. The van der Waals surface area contributed by atoms with Gasteiger partial charge in [-0.1, -0.05) is 11.6 Å². The SMILES string of the molecule is N#Cc1ccc(O)cc1F.O=S(c1ccc(Cl)nc1)N1CCC(O)(CO)C1. The fraction of sp³-hybridized carbons (Fsp3) is 0.294. The molecular formula is C17H17ClFN3O4S. The lowest BCUT2D eigenvalue weighted by Gasteiger charge is -2.19. The van der Waals surface area contributed by atoms with Crippen LogP contribution in [0.1, 0.15) is 12.0 Å². The summed E-state index contributed by atoms with van der Waals surface area (Å²) in [7, 11) is -1.37. The van der Waals surface area contributed by atoms with Crippen LogP contribution in [-0.4, -0.2) is 54.1 Å². The maximum atomic E-state index is 12.5. The maximum absolute atomic E-state index is 12.5. The smallest absolute Gasteiger partial charge is 0.144 e. The molecule has 2 heterocycles. The van der Waals surface area contributed by atoms with Gasteiger partial charge in [0.15, 0.2) is 0 Å². The van der Waals surface area contributed by atoms with E-state index in [1.165, 1.54) is 18.3 Å². The minimum atomic E-state index is -1.37. The second kappa shape index (κ2) is 9.21. The van der Waals surface area contributed by atoms with Gasteiger partial charge in [-0.15, -0.1) is 0 Å². The molecule has 0 spiro atoms. The molecule has 0 aliphatic carbocycles. The highest BCUT2D eigenvalue weighted by atomic mass is 35.5. The number of pyridine rings is 1. The van der Waals surface area contributed by atoms with E-state index in [2.05, 4.69) is 4.98 Å². The summed E-state index contributed by atoms with van der Waals surface area (Å²) in [6.45, 7) is 0.352. The number of aliphatic hydroxyl groups excluding tert-OH is 1. The zero-order valence-corrected chi connectivity index (χ0v) is 15.6. The standard InChI is InChI=1S/C10H13ClN2O3S.C7H4FNO/c11-9-2-1-8(5-12-9)17(16)13-4-3-10(15,6-13)7-14;8-7-3-6(10)2-1-5(7)4-9/h1-2,5,14-15H,3-4,6-7H2;1-3,10H. The highest BCUT2D eigenvalue weighted by molar-refractivity contribution is 7.82. The number of hydrogen-bond acceptors (Lipinski definition) is 6. The number of aromatic hydroxyl groups is 1. The molecule has 3 N–H and O–H groups in total. The van der Waals surface area contributed by atoms with Crippen molar-refractivity contribution in [1.29, 1.82) is 5.26 Å². The van der Waals surface area contributed by atoms with Crippen LogP contribution in [0.5, 0.6) is 5.75 Å². The van der Waals surface area contributed by atoms with E-state index >= 15 is 0 Å². The van der Waals surface area contributed by atoms with E-state index in [-0.39, 0.29) is 24.5 Å². The van der Waals surface area contributed by atoms with Gasteiger partial charge in [0.1, 0.15) is 39.4 Å². The van der Waals surface area contributed by atoms with Crippen molar-refractivity contribution >= 4 is 22.6 Å². The van der Waals surface area contributed by atoms with Crippen LogP contribution in [0.3, 0.4) is 0 Å². The van der Waals surface area contributed by atoms with Gasteiger partial charge >= 0.3 is 0 Å². The first-order valence-corrected chi connectivity index (χ1v) is 9.27. The van der Waals surface area contributed by atoms with Crippen molar-refractivity contribution in [2.24, 2.45) is 0 Å². The molecule has 0 amide bonds. The third kappa shape index (κ3) is 5.69. The van der Waals surface area contributed by atoms with Crippen molar-refractivity contribution < 1.29 is 23.9 Å². The molecule has 2 unspecified atom stereocenters. The zero-order valence-electron chi connectivity index (χ0n) is 14.0. The number of rotatable bonds is 3. The van der Waals surface area contributed by atoms with Crippen LogP contribution in [0, 0.1) is 17.1 Å². The molecule has 1 aliphatic rings. The molecule has 0 saturated carbocycles. The van der Waals surface area contributed by atoms with Crippen LogP contribution >= 0.6 is 11.6 Å². The number of phenolic OH excluding ortho intramolecular Hbond substituents is 1. The van der Waals surface area contributed by atoms with E-state index in [9.17, 15) is 13.7 Å². The summed E-state index contributed by atoms with van der Waals surface area (Å²) in [5, 5.41) is 36.1. The Bertz CT molecular complexity index is 862. The van der Waals surface area contributed by atoms with Crippen LogP contribution in [0.4, 0.5) is 4.39 Å². The highest BCUT2D eigenvalue weighted by Crippen LogP contribution is 2.24. The lowest BCUT2D eigenvalue weighted by Crippen LogP contribution is -2.37. The summed E-state index contributed by atoms with van der Waals surface area (Å²) in [4.78, 5) is 4.40. The lowest BCUT2D eigenvalue weighted by molar-refractivity contribution is -0.000503. The third-order valence-electron chi connectivity index (χ3n) is 3.80. The number of nitrogens with zero attached hydrogens (tertiary/aromatic N) is 3. The summed E-state index contributed by atoms with van der Waals surface area (Å²) in [6, 6.07) is 8.24. The van der Waals surface area contributed by atoms with E-state index in [4.69, 9.17) is 27.1 Å². The number of nitriles is 1. The van der Waals surface area contributed by atoms with Gasteiger partial charge in [-0.25, -0.2) is 17.9 Å². The quantitative estimate of drug-likeness (QED) is 0.658. The fourth-order valence-corrected chi connectivity index (χ4v) is 3.65. The number of phenols is 1. The molecule has 2 atom stereocenters. The Labute approximate surface area is 162 Å². The fourth-order valence-electron chi connectivity index (χ4n) is 2.30. The third-order valence-corrected chi connectivity index (χ3v) is 5.45. The molecule has 1 aromatic carbocycles. The average molecular weight is 414 g/mol. The van der Waals surface area contributed by atoms with Gasteiger partial charge in [0.25, 0.3) is 0 Å². The molecule has 1 fully saturated rings. The topological polar surface area (TPSA) is 118 Å². The Morgan fingerprint density at radius 1 is 1.41 bits per heavy atom. The van der Waals surface area contributed by atoms with Crippen molar-refractivity contribution in [3.63, 3.8) is 0 Å².